The number of aryl methyl sites for hydroxylation is 1. The predicted octanol–water partition coefficient (Wildman–Crippen LogP) is 3.66. The predicted molar refractivity (Wildman–Crippen MR) is 62.0 cm³/mol. The zero-order valence-electron chi connectivity index (χ0n) is 8.80. The molecule has 0 N–H and O–H groups in total. The highest BCUT2D eigenvalue weighted by Crippen LogP contribution is 2.31. The molecule has 0 fully saturated rings. The van der Waals surface area contributed by atoms with E-state index in [0.29, 0.717) is 15.8 Å². The largest absolute Gasteiger partial charge is 0.481 e. The van der Waals surface area contributed by atoms with Crippen LogP contribution in [0.25, 0.3) is 0 Å². The van der Waals surface area contributed by atoms with Crippen molar-refractivity contribution < 1.29 is 9.53 Å². The van der Waals surface area contributed by atoms with Crippen LogP contribution < -0.4 is 4.74 Å². The number of Topliss-reactive ketones (excluding diaryl/α,β-unsaturated/α-hetero) is 1. The van der Waals surface area contributed by atoms with Gasteiger partial charge in [0.1, 0.15) is 5.75 Å². The fraction of sp³-hybridized carbons (Fsp3) is 0.364. The summed E-state index contributed by atoms with van der Waals surface area (Å²) in [4.78, 5) is 11.0. The summed E-state index contributed by atoms with van der Waals surface area (Å²) in [5.74, 6) is 0.444. The van der Waals surface area contributed by atoms with E-state index in [0.717, 1.165) is 5.56 Å². The van der Waals surface area contributed by atoms with Crippen molar-refractivity contribution in [1.82, 2.24) is 0 Å². The molecule has 1 aromatic carbocycles. The van der Waals surface area contributed by atoms with E-state index < -0.39 is 6.10 Å². The van der Waals surface area contributed by atoms with Crippen LogP contribution in [0.3, 0.4) is 0 Å². The molecule has 1 aromatic rings. The topological polar surface area (TPSA) is 26.3 Å². The maximum Gasteiger partial charge on any atom is 0.169 e. The molecule has 1 rings (SSSR count). The molecule has 15 heavy (non-hydrogen) atoms. The van der Waals surface area contributed by atoms with E-state index in [9.17, 15) is 4.79 Å². The minimum atomic E-state index is -0.497. The SMILES string of the molecule is CC(=O)[C@@H](C)Oc1cc(C)c(Cl)cc1Cl. The van der Waals surface area contributed by atoms with Crippen molar-refractivity contribution in [3.8, 4) is 5.75 Å². The molecule has 0 aliphatic rings. The van der Waals surface area contributed by atoms with Gasteiger partial charge < -0.3 is 4.74 Å². The average molecular weight is 247 g/mol. The minimum absolute atomic E-state index is 0.0429. The Morgan fingerprint density at radius 3 is 2.47 bits per heavy atom. The van der Waals surface area contributed by atoms with Gasteiger partial charge in [-0.15, -0.1) is 0 Å². The molecular formula is C11H12Cl2O2. The Morgan fingerprint density at radius 1 is 1.33 bits per heavy atom. The van der Waals surface area contributed by atoms with Crippen LogP contribution in [0.5, 0.6) is 5.75 Å². The molecular weight excluding hydrogens is 235 g/mol. The highest BCUT2D eigenvalue weighted by atomic mass is 35.5. The third-order valence-corrected chi connectivity index (χ3v) is 2.79. The van der Waals surface area contributed by atoms with Gasteiger partial charge in [-0.1, -0.05) is 23.2 Å². The standard InChI is InChI=1S/C11H12Cl2O2/c1-6-4-11(10(13)5-9(6)12)15-8(3)7(2)14/h4-5,8H,1-3H3/t8-/m1/s1. The zero-order valence-corrected chi connectivity index (χ0v) is 10.3. The van der Waals surface area contributed by atoms with E-state index in [2.05, 4.69) is 0 Å². The van der Waals surface area contributed by atoms with E-state index in [1.165, 1.54) is 6.92 Å². The highest BCUT2D eigenvalue weighted by molar-refractivity contribution is 6.36. The van der Waals surface area contributed by atoms with Crippen molar-refractivity contribution in [2.45, 2.75) is 26.9 Å². The van der Waals surface area contributed by atoms with Gasteiger partial charge in [-0.3, -0.25) is 4.79 Å². The second kappa shape index (κ2) is 4.86. The van der Waals surface area contributed by atoms with Crippen molar-refractivity contribution in [2.24, 2.45) is 0 Å². The molecule has 2 nitrogen and oxygen atoms in total. The van der Waals surface area contributed by atoms with Crippen LogP contribution in [-0.4, -0.2) is 11.9 Å². The third kappa shape index (κ3) is 3.11. The number of hydrogen-bond acceptors (Lipinski definition) is 2. The summed E-state index contributed by atoms with van der Waals surface area (Å²) >= 11 is 11.8. The molecule has 0 aromatic heterocycles. The maximum absolute atomic E-state index is 11.0. The van der Waals surface area contributed by atoms with Crippen LogP contribution in [0.4, 0.5) is 0 Å². The molecule has 0 aliphatic carbocycles. The molecule has 0 aliphatic heterocycles. The number of halogens is 2. The summed E-state index contributed by atoms with van der Waals surface area (Å²) in [6.45, 7) is 5.01. The lowest BCUT2D eigenvalue weighted by molar-refractivity contribution is -0.122. The molecule has 0 saturated heterocycles. The monoisotopic (exact) mass is 246 g/mol. The van der Waals surface area contributed by atoms with Crippen molar-refractivity contribution >= 4 is 29.0 Å². The number of ketones is 1. The van der Waals surface area contributed by atoms with Crippen LogP contribution in [0.15, 0.2) is 12.1 Å². The molecule has 0 spiro atoms. The Kier molecular flexibility index (Phi) is 4.00. The van der Waals surface area contributed by atoms with Crippen molar-refractivity contribution in [3.05, 3.63) is 27.7 Å². The quantitative estimate of drug-likeness (QED) is 0.814. The molecule has 1 atom stereocenters. The summed E-state index contributed by atoms with van der Waals surface area (Å²) in [5, 5.41) is 1.00. The summed E-state index contributed by atoms with van der Waals surface area (Å²) < 4.78 is 5.40. The first-order valence-corrected chi connectivity index (χ1v) is 5.30. The molecule has 82 valence electrons. The van der Waals surface area contributed by atoms with Crippen molar-refractivity contribution in [2.75, 3.05) is 0 Å². The minimum Gasteiger partial charge on any atom is -0.481 e. The van der Waals surface area contributed by atoms with Crippen molar-refractivity contribution in [3.63, 3.8) is 0 Å². The molecule has 0 saturated carbocycles. The van der Waals surface area contributed by atoms with Crippen molar-refractivity contribution in [1.29, 1.82) is 0 Å². The Hall–Kier alpha value is -0.730. The Bertz CT molecular complexity index is 388. The lowest BCUT2D eigenvalue weighted by Gasteiger charge is -2.14. The number of rotatable bonds is 3. The first-order chi connectivity index (χ1) is 6.91. The lowest BCUT2D eigenvalue weighted by atomic mass is 10.2. The van der Waals surface area contributed by atoms with Gasteiger partial charge in [0.25, 0.3) is 0 Å². The van der Waals surface area contributed by atoms with Crippen LogP contribution in [0.1, 0.15) is 19.4 Å². The van der Waals surface area contributed by atoms with E-state index in [1.807, 2.05) is 6.92 Å². The summed E-state index contributed by atoms with van der Waals surface area (Å²) in [6, 6.07) is 3.34. The first-order valence-electron chi connectivity index (χ1n) is 4.54. The van der Waals surface area contributed by atoms with Gasteiger partial charge in [-0.2, -0.15) is 0 Å². The number of carbonyl (C=O) groups excluding carboxylic acids is 1. The first kappa shape index (κ1) is 12.3. The fourth-order valence-electron chi connectivity index (χ4n) is 0.994. The van der Waals surface area contributed by atoms with Crippen LogP contribution in [-0.2, 0) is 4.79 Å². The Balaban J connectivity index is 2.95. The molecule has 0 heterocycles. The van der Waals surface area contributed by atoms with Crippen LogP contribution in [0.2, 0.25) is 10.0 Å². The van der Waals surface area contributed by atoms with Gasteiger partial charge in [0, 0.05) is 5.02 Å². The average Bonchev–Trinajstić information content (AvgIpc) is 2.13. The summed E-state index contributed by atoms with van der Waals surface area (Å²) in [7, 11) is 0. The smallest absolute Gasteiger partial charge is 0.169 e. The van der Waals surface area contributed by atoms with E-state index in [1.54, 1.807) is 19.1 Å². The molecule has 0 bridgehead atoms. The van der Waals surface area contributed by atoms with Crippen LogP contribution in [0, 0.1) is 6.92 Å². The van der Waals surface area contributed by atoms with Crippen LogP contribution >= 0.6 is 23.2 Å². The van der Waals surface area contributed by atoms with Gasteiger partial charge in [0.2, 0.25) is 0 Å². The highest BCUT2D eigenvalue weighted by Gasteiger charge is 2.12. The van der Waals surface area contributed by atoms with E-state index >= 15 is 0 Å². The fourth-order valence-corrected chi connectivity index (χ4v) is 1.42. The van der Waals surface area contributed by atoms with E-state index in [-0.39, 0.29) is 5.78 Å². The molecule has 4 heteroatoms. The second-order valence-corrected chi connectivity index (χ2v) is 4.22. The van der Waals surface area contributed by atoms with Gasteiger partial charge in [-0.05, 0) is 38.5 Å². The Labute approximate surface area is 99.1 Å². The number of hydrogen-bond donors (Lipinski definition) is 0. The lowest BCUT2D eigenvalue weighted by Crippen LogP contribution is -2.20. The van der Waals surface area contributed by atoms with Gasteiger partial charge in [-0.25, -0.2) is 0 Å². The second-order valence-electron chi connectivity index (χ2n) is 3.40. The van der Waals surface area contributed by atoms with Gasteiger partial charge in [0.05, 0.1) is 5.02 Å². The molecule has 0 amide bonds. The third-order valence-electron chi connectivity index (χ3n) is 2.09. The summed E-state index contributed by atoms with van der Waals surface area (Å²) in [6.07, 6.45) is -0.497. The Morgan fingerprint density at radius 2 is 1.93 bits per heavy atom. The van der Waals surface area contributed by atoms with E-state index in [4.69, 9.17) is 27.9 Å². The number of carbonyl (C=O) groups is 1. The number of benzene rings is 1. The number of ether oxygens (including phenoxy) is 1. The normalized spacial score (nSPS) is 12.3. The maximum atomic E-state index is 11.0. The van der Waals surface area contributed by atoms with Gasteiger partial charge in [0.15, 0.2) is 11.9 Å². The summed E-state index contributed by atoms with van der Waals surface area (Å²) in [5.41, 5.74) is 0.867. The van der Waals surface area contributed by atoms with Gasteiger partial charge >= 0.3 is 0 Å². The molecule has 0 unspecified atom stereocenters. The molecule has 0 radical (unpaired) electrons. The zero-order chi connectivity index (χ0) is 11.6.